The van der Waals surface area contributed by atoms with Gasteiger partial charge in [0.25, 0.3) is 0 Å². The summed E-state index contributed by atoms with van der Waals surface area (Å²) < 4.78 is 5.65. The van der Waals surface area contributed by atoms with Gasteiger partial charge in [0, 0.05) is 10.7 Å². The smallest absolute Gasteiger partial charge is 0.338 e. The van der Waals surface area contributed by atoms with Crippen LogP contribution in [0.3, 0.4) is 0 Å². The fourth-order valence-electron chi connectivity index (χ4n) is 1.83. The summed E-state index contributed by atoms with van der Waals surface area (Å²) in [5.74, 6) is -0.195. The third kappa shape index (κ3) is 3.92. The zero-order chi connectivity index (χ0) is 16.8. The van der Waals surface area contributed by atoms with Gasteiger partial charge in [-0.05, 0) is 52.7 Å². The highest BCUT2D eigenvalue weighted by Crippen LogP contribution is 2.29. The number of aromatic nitrogens is 4. The number of benzene rings is 1. The third-order valence-electron chi connectivity index (χ3n) is 2.87. The number of carbonyl (C=O) groups excluding carboxylic acids is 1. The van der Waals surface area contributed by atoms with Gasteiger partial charge in [0.2, 0.25) is 5.82 Å². The molecule has 0 aliphatic heterocycles. The Balaban J connectivity index is 2.27. The minimum Gasteiger partial charge on any atom is -0.462 e. The summed E-state index contributed by atoms with van der Waals surface area (Å²) in [6, 6.07) is 5.35. The molecule has 2 rings (SSSR count). The molecule has 0 bridgehead atoms. The number of nitriles is 1. The maximum absolute atomic E-state index is 11.8. The number of hydrogen-bond acceptors (Lipinski definition) is 7. The first kappa shape index (κ1) is 16.6. The van der Waals surface area contributed by atoms with Gasteiger partial charge in [-0.1, -0.05) is 0 Å². The average molecular weight is 377 g/mol. The topological polar surface area (TPSA) is 117 Å². The lowest BCUT2D eigenvalue weighted by atomic mass is 10.1. The molecule has 0 atom stereocenters. The van der Waals surface area contributed by atoms with Crippen LogP contribution in [0.1, 0.15) is 28.7 Å². The second-order valence-corrected chi connectivity index (χ2v) is 5.27. The van der Waals surface area contributed by atoms with Gasteiger partial charge in [-0.15, -0.1) is 10.2 Å². The highest BCUT2D eigenvalue weighted by atomic mass is 79.9. The molecule has 0 saturated heterocycles. The van der Waals surface area contributed by atoms with Crippen LogP contribution in [0.15, 0.2) is 22.8 Å². The van der Waals surface area contributed by atoms with Crippen LogP contribution in [0.4, 0.5) is 5.69 Å². The summed E-state index contributed by atoms with van der Waals surface area (Å²) in [6.45, 7) is 3.90. The van der Waals surface area contributed by atoms with E-state index in [1.807, 2.05) is 13.0 Å². The molecular weight excluding hydrogens is 364 g/mol. The van der Waals surface area contributed by atoms with Crippen molar-refractivity contribution < 1.29 is 9.53 Å². The predicted molar refractivity (Wildman–Crippen MR) is 86.2 cm³/mol. The van der Waals surface area contributed by atoms with Crippen molar-refractivity contribution in [2.75, 3.05) is 11.9 Å². The summed E-state index contributed by atoms with van der Waals surface area (Å²) in [4.78, 5) is 11.8. The molecule has 1 aromatic heterocycles. The Hall–Kier alpha value is -2.73. The summed E-state index contributed by atoms with van der Waals surface area (Å²) in [7, 11) is 0. The zero-order valence-electron chi connectivity index (χ0n) is 12.4. The van der Waals surface area contributed by atoms with Crippen LogP contribution < -0.4 is 5.32 Å². The van der Waals surface area contributed by atoms with Crippen LogP contribution in [0.2, 0.25) is 0 Å². The molecule has 0 spiro atoms. The molecule has 1 aromatic carbocycles. The maximum Gasteiger partial charge on any atom is 0.338 e. The lowest BCUT2D eigenvalue weighted by Crippen LogP contribution is -2.06. The molecule has 8 nitrogen and oxygen atoms in total. The molecule has 23 heavy (non-hydrogen) atoms. The van der Waals surface area contributed by atoms with Crippen LogP contribution >= 0.6 is 15.9 Å². The van der Waals surface area contributed by atoms with Crippen molar-refractivity contribution in [3.05, 3.63) is 39.8 Å². The second-order valence-electron chi connectivity index (χ2n) is 4.42. The number of halogens is 1. The van der Waals surface area contributed by atoms with E-state index in [1.165, 1.54) is 6.20 Å². The van der Waals surface area contributed by atoms with Crippen molar-refractivity contribution in [3.63, 3.8) is 0 Å². The largest absolute Gasteiger partial charge is 0.462 e. The van der Waals surface area contributed by atoms with Gasteiger partial charge in [-0.3, -0.25) is 0 Å². The van der Waals surface area contributed by atoms with E-state index < -0.39 is 0 Å². The number of carbonyl (C=O) groups is 1. The number of nitrogens with zero attached hydrogens (tertiary/aromatic N) is 4. The van der Waals surface area contributed by atoms with Gasteiger partial charge in [-0.25, -0.2) is 4.79 Å². The average Bonchev–Trinajstić information content (AvgIpc) is 3.04. The van der Waals surface area contributed by atoms with E-state index in [2.05, 4.69) is 41.9 Å². The number of aryl methyl sites for hydroxylation is 1. The van der Waals surface area contributed by atoms with Crippen molar-refractivity contribution >= 4 is 33.2 Å². The van der Waals surface area contributed by atoms with Crippen molar-refractivity contribution in [2.24, 2.45) is 0 Å². The molecule has 0 amide bonds. The SMILES string of the molecule is CCOC(=O)c1cc(C)c(NC=C(C#N)c2nn[nH]n2)c(Br)c1. The number of rotatable bonds is 5. The molecule has 1 heterocycles. The number of nitrogens with one attached hydrogen (secondary N) is 2. The van der Waals surface area contributed by atoms with E-state index >= 15 is 0 Å². The molecule has 0 unspecified atom stereocenters. The fraction of sp³-hybridized carbons (Fsp3) is 0.214. The summed E-state index contributed by atoms with van der Waals surface area (Å²) in [6.07, 6.45) is 1.47. The van der Waals surface area contributed by atoms with Crippen LogP contribution in [-0.2, 0) is 4.74 Å². The molecule has 0 aliphatic carbocycles. The van der Waals surface area contributed by atoms with E-state index in [1.54, 1.807) is 19.1 Å². The normalized spacial score (nSPS) is 11.0. The van der Waals surface area contributed by atoms with E-state index in [0.29, 0.717) is 22.3 Å². The Morgan fingerprint density at radius 1 is 1.57 bits per heavy atom. The number of allylic oxidation sites excluding steroid dienone is 1. The number of ether oxygens (including phenoxy) is 1. The maximum atomic E-state index is 11.8. The van der Waals surface area contributed by atoms with Gasteiger partial charge in [0.15, 0.2) is 0 Å². The Kier molecular flexibility index (Phi) is 5.43. The first-order valence-corrected chi connectivity index (χ1v) is 7.44. The number of anilines is 1. The lowest BCUT2D eigenvalue weighted by molar-refractivity contribution is 0.0526. The molecule has 2 N–H and O–H groups in total. The van der Waals surface area contributed by atoms with E-state index in [0.717, 1.165) is 5.56 Å². The van der Waals surface area contributed by atoms with Crippen LogP contribution in [-0.4, -0.2) is 33.2 Å². The number of tetrazole rings is 1. The molecule has 0 saturated carbocycles. The summed E-state index contributed by atoms with van der Waals surface area (Å²) >= 11 is 3.41. The molecule has 0 fully saturated rings. The van der Waals surface area contributed by atoms with Gasteiger partial charge in [-0.2, -0.15) is 10.5 Å². The van der Waals surface area contributed by atoms with E-state index in [-0.39, 0.29) is 17.4 Å². The van der Waals surface area contributed by atoms with Gasteiger partial charge >= 0.3 is 5.97 Å². The fourth-order valence-corrected chi connectivity index (χ4v) is 2.50. The highest BCUT2D eigenvalue weighted by molar-refractivity contribution is 9.10. The van der Waals surface area contributed by atoms with Gasteiger partial charge in [0.05, 0.1) is 17.9 Å². The minimum atomic E-state index is -0.386. The van der Waals surface area contributed by atoms with Crippen molar-refractivity contribution in [1.82, 2.24) is 20.6 Å². The predicted octanol–water partition coefficient (Wildman–Crippen LogP) is 2.42. The zero-order valence-corrected chi connectivity index (χ0v) is 14.0. The van der Waals surface area contributed by atoms with Crippen LogP contribution in [0.25, 0.3) is 5.57 Å². The summed E-state index contributed by atoms with van der Waals surface area (Å²) in [5, 5.41) is 25.4. The second kappa shape index (κ2) is 7.51. The first-order chi connectivity index (χ1) is 11.1. The highest BCUT2D eigenvalue weighted by Gasteiger charge is 2.13. The summed E-state index contributed by atoms with van der Waals surface area (Å²) in [5.41, 5.74) is 2.20. The van der Waals surface area contributed by atoms with Crippen LogP contribution in [0.5, 0.6) is 0 Å². The quantitative estimate of drug-likeness (QED) is 0.607. The Morgan fingerprint density at radius 2 is 2.35 bits per heavy atom. The number of aromatic amines is 1. The van der Waals surface area contributed by atoms with E-state index in [4.69, 9.17) is 10.00 Å². The molecule has 0 aliphatic rings. The molecule has 2 aromatic rings. The molecule has 0 radical (unpaired) electrons. The third-order valence-corrected chi connectivity index (χ3v) is 3.49. The first-order valence-electron chi connectivity index (χ1n) is 6.64. The van der Waals surface area contributed by atoms with Crippen molar-refractivity contribution in [3.8, 4) is 6.07 Å². The minimum absolute atomic E-state index is 0.192. The van der Waals surface area contributed by atoms with Crippen molar-refractivity contribution in [2.45, 2.75) is 13.8 Å². The monoisotopic (exact) mass is 376 g/mol. The molecule has 9 heteroatoms. The molecular formula is C14H13BrN6O2. The number of esters is 1. The van der Waals surface area contributed by atoms with E-state index in [9.17, 15) is 4.79 Å². The molecule has 118 valence electrons. The van der Waals surface area contributed by atoms with Crippen molar-refractivity contribution in [1.29, 1.82) is 5.26 Å². The van der Waals surface area contributed by atoms with Gasteiger partial charge in [0.1, 0.15) is 11.6 Å². The Morgan fingerprint density at radius 3 is 2.91 bits per heavy atom. The lowest BCUT2D eigenvalue weighted by Gasteiger charge is -2.11. The number of hydrogen-bond donors (Lipinski definition) is 2. The van der Waals surface area contributed by atoms with Crippen LogP contribution in [0, 0.1) is 18.3 Å². The Labute approximate surface area is 140 Å². The van der Waals surface area contributed by atoms with Gasteiger partial charge < -0.3 is 10.1 Å². The standard InChI is InChI=1S/C14H13BrN6O2/c1-3-23-14(22)9-4-8(2)12(11(15)5-9)17-7-10(6-16)13-18-20-21-19-13/h4-5,7,17H,3H2,1-2H3,(H,18,19,20,21). The Bertz CT molecular complexity index is 756. The number of H-pyrrole nitrogens is 1.